The van der Waals surface area contributed by atoms with E-state index in [1.165, 1.54) is 0 Å². The molecule has 5 nitrogen and oxygen atoms in total. The average molecular weight is 294 g/mol. The number of aliphatic hydroxyl groups is 1. The van der Waals surface area contributed by atoms with Gasteiger partial charge in [0.25, 0.3) is 0 Å². The van der Waals surface area contributed by atoms with E-state index in [1.807, 2.05) is 37.3 Å². The largest absolute Gasteiger partial charge is 0.430 e. The van der Waals surface area contributed by atoms with E-state index in [2.05, 4.69) is 0 Å². The van der Waals surface area contributed by atoms with Crippen molar-refractivity contribution in [3.8, 4) is 0 Å². The van der Waals surface area contributed by atoms with Crippen LogP contribution >= 0.6 is 0 Å². The first kappa shape index (κ1) is 17.4. The molecule has 0 saturated carbocycles. The zero-order valence-corrected chi connectivity index (χ0v) is 12.5. The summed E-state index contributed by atoms with van der Waals surface area (Å²) in [5.74, 6) is -0.570. The van der Waals surface area contributed by atoms with Crippen molar-refractivity contribution in [2.45, 2.75) is 20.1 Å². The lowest BCUT2D eigenvalue weighted by Crippen LogP contribution is -2.24. The molecule has 1 unspecified atom stereocenters. The Morgan fingerprint density at radius 3 is 2.57 bits per heavy atom. The van der Waals surface area contributed by atoms with E-state index in [1.54, 1.807) is 13.0 Å². The van der Waals surface area contributed by atoms with Gasteiger partial charge >= 0.3 is 5.97 Å². The van der Waals surface area contributed by atoms with E-state index >= 15 is 0 Å². The van der Waals surface area contributed by atoms with Crippen molar-refractivity contribution in [2.24, 2.45) is 0 Å². The summed E-state index contributed by atoms with van der Waals surface area (Å²) in [5, 5.41) is 9.55. The molecule has 0 radical (unpaired) electrons. The molecule has 0 spiro atoms. The van der Waals surface area contributed by atoms with Gasteiger partial charge in [0.1, 0.15) is 6.61 Å². The van der Waals surface area contributed by atoms with Gasteiger partial charge in [0.05, 0.1) is 13.2 Å². The first-order chi connectivity index (χ1) is 10.1. The minimum absolute atomic E-state index is 0.0720. The number of benzene rings is 1. The fourth-order valence-electron chi connectivity index (χ4n) is 1.56. The number of carbonyl (C=O) groups is 1. The van der Waals surface area contributed by atoms with Gasteiger partial charge in [-0.05, 0) is 25.5 Å². The number of aliphatic hydroxyl groups excluding tert-OH is 1. The third-order valence-electron chi connectivity index (χ3n) is 2.58. The Balaban J connectivity index is 2.33. The first-order valence-electron chi connectivity index (χ1n) is 6.91. The van der Waals surface area contributed by atoms with Crippen LogP contribution in [-0.2, 0) is 19.0 Å². The molecule has 21 heavy (non-hydrogen) atoms. The molecule has 0 aliphatic heterocycles. The van der Waals surface area contributed by atoms with Crippen LogP contribution in [0, 0.1) is 0 Å². The monoisotopic (exact) mass is 294 g/mol. The van der Waals surface area contributed by atoms with Crippen LogP contribution in [0.2, 0.25) is 0 Å². The Morgan fingerprint density at radius 2 is 1.90 bits per heavy atom. The highest BCUT2D eigenvalue weighted by Gasteiger charge is 2.12. The topological polar surface area (TPSA) is 65.0 Å². The van der Waals surface area contributed by atoms with Crippen LogP contribution in [0.3, 0.4) is 0 Å². The second kappa shape index (κ2) is 10.1. The number of carbonyl (C=O) groups excluding carboxylic acids is 1. The maximum Gasteiger partial charge on any atom is 0.336 e. The fourth-order valence-corrected chi connectivity index (χ4v) is 1.56. The van der Waals surface area contributed by atoms with E-state index in [0.29, 0.717) is 25.4 Å². The summed E-state index contributed by atoms with van der Waals surface area (Å²) < 4.78 is 15.1. The molecule has 116 valence electrons. The van der Waals surface area contributed by atoms with Crippen molar-refractivity contribution >= 4 is 12.0 Å². The highest BCUT2D eigenvalue weighted by Crippen LogP contribution is 2.08. The second-order valence-electron chi connectivity index (χ2n) is 4.37. The molecule has 0 heterocycles. The Kier molecular flexibility index (Phi) is 8.35. The zero-order valence-electron chi connectivity index (χ0n) is 12.5. The van der Waals surface area contributed by atoms with E-state index in [-0.39, 0.29) is 6.61 Å². The van der Waals surface area contributed by atoms with Gasteiger partial charge in [0.2, 0.25) is 6.29 Å². The van der Waals surface area contributed by atoms with Crippen LogP contribution in [-0.4, -0.2) is 43.8 Å². The van der Waals surface area contributed by atoms with Crippen LogP contribution < -0.4 is 0 Å². The molecule has 0 amide bonds. The van der Waals surface area contributed by atoms with Crippen molar-refractivity contribution < 1.29 is 24.1 Å². The maximum atomic E-state index is 11.8. The number of hydrogen-bond donors (Lipinski definition) is 1. The predicted molar refractivity (Wildman–Crippen MR) is 79.5 cm³/mol. The normalized spacial score (nSPS) is 13.0. The molecule has 0 aromatic heterocycles. The van der Waals surface area contributed by atoms with Gasteiger partial charge in [0, 0.05) is 12.2 Å². The van der Waals surface area contributed by atoms with Crippen molar-refractivity contribution in [3.63, 3.8) is 0 Å². The van der Waals surface area contributed by atoms with Crippen molar-refractivity contribution in [1.29, 1.82) is 0 Å². The van der Waals surface area contributed by atoms with Crippen LogP contribution in [0.5, 0.6) is 0 Å². The summed E-state index contributed by atoms with van der Waals surface area (Å²) >= 11 is 0. The SMILES string of the molecule is CCOCCOCC(O)OC(=O)/C(C)=C/c1ccccc1. The van der Waals surface area contributed by atoms with Crippen molar-refractivity contribution in [3.05, 3.63) is 41.5 Å². The van der Waals surface area contributed by atoms with E-state index < -0.39 is 12.3 Å². The number of hydrogen-bond acceptors (Lipinski definition) is 5. The minimum atomic E-state index is -1.28. The summed E-state index contributed by atoms with van der Waals surface area (Å²) in [7, 11) is 0. The summed E-state index contributed by atoms with van der Waals surface area (Å²) in [6.45, 7) is 4.86. The molecule has 0 saturated heterocycles. The predicted octanol–water partition coefficient (Wildman–Crippen LogP) is 2.00. The fraction of sp³-hybridized carbons (Fsp3) is 0.438. The van der Waals surface area contributed by atoms with Gasteiger partial charge in [-0.25, -0.2) is 4.79 Å². The highest BCUT2D eigenvalue weighted by atomic mass is 16.7. The lowest BCUT2D eigenvalue weighted by atomic mass is 10.1. The minimum Gasteiger partial charge on any atom is -0.430 e. The molecule has 0 bridgehead atoms. The molecule has 1 atom stereocenters. The molecular formula is C16H22O5. The number of ether oxygens (including phenoxy) is 3. The van der Waals surface area contributed by atoms with Gasteiger partial charge in [-0.1, -0.05) is 30.3 Å². The first-order valence-corrected chi connectivity index (χ1v) is 6.91. The molecule has 0 aliphatic rings. The molecule has 1 aromatic rings. The Morgan fingerprint density at radius 1 is 1.24 bits per heavy atom. The number of esters is 1. The van der Waals surface area contributed by atoms with E-state index in [4.69, 9.17) is 14.2 Å². The Hall–Kier alpha value is -1.69. The second-order valence-corrected chi connectivity index (χ2v) is 4.37. The maximum absolute atomic E-state index is 11.8. The molecule has 1 aromatic carbocycles. The third kappa shape index (κ3) is 7.60. The Bertz CT molecular complexity index is 441. The van der Waals surface area contributed by atoms with Gasteiger partial charge in [-0.3, -0.25) is 0 Å². The molecule has 1 N–H and O–H groups in total. The van der Waals surface area contributed by atoms with Crippen LogP contribution in [0.1, 0.15) is 19.4 Å². The summed E-state index contributed by atoms with van der Waals surface area (Å²) in [6.07, 6.45) is 0.420. The average Bonchev–Trinajstić information content (AvgIpc) is 2.48. The van der Waals surface area contributed by atoms with Gasteiger partial charge in [-0.2, -0.15) is 0 Å². The summed E-state index contributed by atoms with van der Waals surface area (Å²) in [6, 6.07) is 9.42. The molecule has 1 rings (SSSR count). The molecule has 5 heteroatoms. The highest BCUT2D eigenvalue weighted by molar-refractivity contribution is 5.93. The van der Waals surface area contributed by atoms with Crippen molar-refractivity contribution in [1.82, 2.24) is 0 Å². The van der Waals surface area contributed by atoms with Crippen LogP contribution in [0.15, 0.2) is 35.9 Å². The summed E-state index contributed by atoms with van der Waals surface area (Å²) in [4.78, 5) is 11.8. The molecule has 0 aliphatic carbocycles. The Labute approximate surface area is 125 Å². The number of rotatable bonds is 9. The van der Waals surface area contributed by atoms with Crippen LogP contribution in [0.4, 0.5) is 0 Å². The lowest BCUT2D eigenvalue weighted by Gasteiger charge is -2.12. The third-order valence-corrected chi connectivity index (χ3v) is 2.58. The quantitative estimate of drug-likeness (QED) is 0.327. The van der Waals surface area contributed by atoms with Gasteiger partial charge in [0.15, 0.2) is 0 Å². The molecular weight excluding hydrogens is 272 g/mol. The lowest BCUT2D eigenvalue weighted by molar-refractivity contribution is -0.173. The standard InChI is InChI=1S/C16H22O5/c1-3-19-9-10-20-12-15(17)21-16(18)13(2)11-14-7-5-4-6-8-14/h4-8,11,15,17H,3,9-10,12H2,1-2H3/b13-11+. The smallest absolute Gasteiger partial charge is 0.336 e. The van der Waals surface area contributed by atoms with Gasteiger partial charge in [-0.15, -0.1) is 0 Å². The molecule has 0 fully saturated rings. The summed E-state index contributed by atoms with van der Waals surface area (Å²) in [5.41, 5.74) is 1.31. The van der Waals surface area contributed by atoms with E-state index in [9.17, 15) is 9.90 Å². The van der Waals surface area contributed by atoms with E-state index in [0.717, 1.165) is 5.56 Å². The van der Waals surface area contributed by atoms with Crippen LogP contribution in [0.25, 0.3) is 6.08 Å². The van der Waals surface area contributed by atoms with Gasteiger partial charge < -0.3 is 19.3 Å². The zero-order chi connectivity index (χ0) is 15.5. The van der Waals surface area contributed by atoms with Crippen molar-refractivity contribution in [2.75, 3.05) is 26.4 Å².